The minimum Gasteiger partial charge on any atom is -0.418 e. The molecule has 0 fully saturated rings. The van der Waals surface area contributed by atoms with Gasteiger partial charge in [-0.1, -0.05) is 11.3 Å². The summed E-state index contributed by atoms with van der Waals surface area (Å²) in [6, 6.07) is 9.23. The molecule has 150 valence electrons. The van der Waals surface area contributed by atoms with Gasteiger partial charge in [0.25, 0.3) is 11.8 Å². The van der Waals surface area contributed by atoms with Crippen LogP contribution in [0.1, 0.15) is 23.2 Å². The Balaban J connectivity index is 1.56. The van der Waals surface area contributed by atoms with Crippen LogP contribution in [0.25, 0.3) is 21.8 Å². The number of carbonyl (C=O) groups is 1. The van der Waals surface area contributed by atoms with E-state index in [1.165, 1.54) is 11.3 Å². The quantitative estimate of drug-likeness (QED) is 0.439. The summed E-state index contributed by atoms with van der Waals surface area (Å²) in [5.41, 5.74) is 2.10. The predicted octanol–water partition coefficient (Wildman–Crippen LogP) is 2.85. The fraction of sp³-hybridized carbons (Fsp3) is 0.316. The van der Waals surface area contributed by atoms with Crippen LogP contribution in [0.5, 0.6) is 0 Å². The van der Waals surface area contributed by atoms with E-state index in [2.05, 4.69) is 20.5 Å². The van der Waals surface area contributed by atoms with Crippen molar-refractivity contribution in [2.24, 2.45) is 0 Å². The van der Waals surface area contributed by atoms with Gasteiger partial charge in [0.2, 0.25) is 5.89 Å². The van der Waals surface area contributed by atoms with E-state index in [0.717, 1.165) is 10.4 Å². The maximum Gasteiger partial charge on any atom is 0.257 e. The summed E-state index contributed by atoms with van der Waals surface area (Å²) in [6.07, 6.45) is 0. The van der Waals surface area contributed by atoms with E-state index in [1.807, 2.05) is 30.5 Å². The number of rotatable bonds is 8. The van der Waals surface area contributed by atoms with Crippen LogP contribution in [0.3, 0.4) is 0 Å². The van der Waals surface area contributed by atoms with Crippen LogP contribution in [-0.2, 0) is 17.8 Å². The monoisotopic (exact) mass is 412 g/mol. The molecule has 1 amide bonds. The Hall–Kier alpha value is -3.11. The van der Waals surface area contributed by atoms with Crippen LogP contribution in [0, 0.1) is 0 Å². The van der Waals surface area contributed by atoms with Crippen LogP contribution < -0.4 is 0 Å². The Bertz CT molecular complexity index is 1100. The van der Waals surface area contributed by atoms with Crippen molar-refractivity contribution in [3.63, 3.8) is 0 Å². The molecule has 0 aliphatic heterocycles. The van der Waals surface area contributed by atoms with E-state index < -0.39 is 0 Å². The molecule has 10 heteroatoms. The van der Waals surface area contributed by atoms with Gasteiger partial charge >= 0.3 is 0 Å². The first-order valence-corrected chi connectivity index (χ1v) is 10.0. The van der Waals surface area contributed by atoms with Gasteiger partial charge < -0.3 is 14.1 Å². The van der Waals surface area contributed by atoms with E-state index in [0.29, 0.717) is 42.6 Å². The predicted molar refractivity (Wildman–Crippen MR) is 107 cm³/mol. The van der Waals surface area contributed by atoms with Crippen LogP contribution >= 0.6 is 11.3 Å². The average Bonchev–Trinajstić information content (AvgIpc) is 3.50. The molecule has 0 atom stereocenters. The third kappa shape index (κ3) is 4.03. The topological polar surface area (TPSA) is 99.2 Å². The zero-order valence-electron chi connectivity index (χ0n) is 16.1. The van der Waals surface area contributed by atoms with E-state index in [9.17, 15) is 4.79 Å². The van der Waals surface area contributed by atoms with Crippen molar-refractivity contribution >= 4 is 28.3 Å². The third-order valence-corrected chi connectivity index (χ3v) is 5.30. The zero-order chi connectivity index (χ0) is 20.2. The molecule has 4 aromatic rings. The Morgan fingerprint density at radius 3 is 2.93 bits per heavy atom. The highest BCUT2D eigenvalue weighted by Gasteiger charge is 2.20. The van der Waals surface area contributed by atoms with Gasteiger partial charge in [-0.2, -0.15) is 0 Å². The molecule has 0 unspecified atom stereocenters. The maximum absolute atomic E-state index is 13.1. The molecule has 0 spiro atoms. The lowest BCUT2D eigenvalue weighted by molar-refractivity contribution is 0.0663. The Kier molecular flexibility index (Phi) is 5.63. The molecule has 0 saturated heterocycles. The first kappa shape index (κ1) is 19.2. The summed E-state index contributed by atoms with van der Waals surface area (Å²) in [5.74, 6) is 0.661. The number of carbonyl (C=O) groups excluding carboxylic acids is 1. The van der Waals surface area contributed by atoms with E-state index in [4.69, 9.17) is 9.15 Å². The highest BCUT2D eigenvalue weighted by Crippen LogP contribution is 2.23. The first-order chi connectivity index (χ1) is 14.2. The minimum atomic E-state index is -0.161. The summed E-state index contributed by atoms with van der Waals surface area (Å²) in [4.78, 5) is 15.7. The Morgan fingerprint density at radius 1 is 1.28 bits per heavy atom. The second kappa shape index (κ2) is 8.50. The molecule has 0 saturated carbocycles. The molecule has 29 heavy (non-hydrogen) atoms. The molecule has 0 bridgehead atoms. The number of amides is 1. The normalized spacial score (nSPS) is 11.2. The van der Waals surface area contributed by atoms with Crippen LogP contribution in [0.2, 0.25) is 0 Å². The molecule has 3 heterocycles. The molecule has 0 N–H and O–H groups in total. The molecule has 1 aromatic carbocycles. The molecule has 3 aromatic heterocycles. The standard InChI is InChI=1S/C19H20N6O3S/c1-3-25-15-7-6-13(11-14(15)20-23-25)19(26)24(8-9-27-2)12-17-21-22-18(28-17)16-5-4-10-29-16/h4-7,10-11H,3,8-9,12H2,1-2H3. The van der Waals surface area contributed by atoms with E-state index in [-0.39, 0.29) is 12.5 Å². The zero-order valence-corrected chi connectivity index (χ0v) is 16.9. The number of hydrogen-bond acceptors (Lipinski definition) is 8. The number of benzene rings is 1. The lowest BCUT2D eigenvalue weighted by Crippen LogP contribution is -2.33. The summed E-state index contributed by atoms with van der Waals surface area (Å²) in [7, 11) is 1.60. The molecule has 0 radical (unpaired) electrons. The van der Waals surface area contributed by atoms with E-state index >= 15 is 0 Å². The van der Waals surface area contributed by atoms with Gasteiger partial charge in [-0.25, -0.2) is 4.68 Å². The second-order valence-electron chi connectivity index (χ2n) is 6.31. The van der Waals surface area contributed by atoms with Crippen LogP contribution in [0.15, 0.2) is 40.1 Å². The molecular weight excluding hydrogens is 392 g/mol. The Labute approximate surface area is 170 Å². The number of thiophene rings is 1. The highest BCUT2D eigenvalue weighted by molar-refractivity contribution is 7.13. The van der Waals surface area contributed by atoms with Crippen LogP contribution in [0.4, 0.5) is 0 Å². The van der Waals surface area contributed by atoms with Gasteiger partial charge in [-0.05, 0) is 36.6 Å². The maximum atomic E-state index is 13.1. The highest BCUT2D eigenvalue weighted by atomic mass is 32.1. The summed E-state index contributed by atoms with van der Waals surface area (Å²) >= 11 is 1.52. The summed E-state index contributed by atoms with van der Waals surface area (Å²) in [5, 5.41) is 18.4. The number of aryl methyl sites for hydroxylation is 1. The average molecular weight is 412 g/mol. The Morgan fingerprint density at radius 2 is 2.17 bits per heavy atom. The summed E-state index contributed by atoms with van der Waals surface area (Å²) in [6.45, 7) is 3.69. The van der Waals surface area contributed by atoms with Gasteiger partial charge in [-0.3, -0.25) is 4.79 Å². The largest absolute Gasteiger partial charge is 0.418 e. The number of nitrogens with zero attached hydrogens (tertiary/aromatic N) is 6. The van der Waals surface area contributed by atoms with Crippen molar-refractivity contribution in [3.8, 4) is 10.8 Å². The van der Waals surface area contributed by atoms with Crippen molar-refractivity contribution in [1.29, 1.82) is 0 Å². The van der Waals surface area contributed by atoms with Gasteiger partial charge in [0.15, 0.2) is 0 Å². The second-order valence-corrected chi connectivity index (χ2v) is 7.25. The molecular formula is C19H20N6O3S. The fourth-order valence-electron chi connectivity index (χ4n) is 2.96. The van der Waals surface area contributed by atoms with Crippen molar-refractivity contribution in [3.05, 3.63) is 47.2 Å². The van der Waals surface area contributed by atoms with Gasteiger partial charge in [-0.15, -0.1) is 26.6 Å². The van der Waals surface area contributed by atoms with Crippen molar-refractivity contribution in [2.45, 2.75) is 20.0 Å². The number of ether oxygens (including phenoxy) is 1. The molecule has 4 rings (SSSR count). The minimum absolute atomic E-state index is 0.161. The number of aromatic nitrogens is 5. The van der Waals surface area contributed by atoms with Crippen molar-refractivity contribution < 1.29 is 13.9 Å². The third-order valence-electron chi connectivity index (χ3n) is 4.44. The first-order valence-electron chi connectivity index (χ1n) is 9.17. The van der Waals surface area contributed by atoms with Gasteiger partial charge in [0.1, 0.15) is 5.52 Å². The van der Waals surface area contributed by atoms with Crippen molar-refractivity contribution in [1.82, 2.24) is 30.1 Å². The lowest BCUT2D eigenvalue weighted by atomic mass is 10.1. The van der Waals surface area contributed by atoms with Gasteiger partial charge in [0, 0.05) is 25.8 Å². The smallest absolute Gasteiger partial charge is 0.257 e. The number of methoxy groups -OCH3 is 1. The van der Waals surface area contributed by atoms with Gasteiger partial charge in [0.05, 0.1) is 23.5 Å². The molecule has 0 aliphatic carbocycles. The van der Waals surface area contributed by atoms with E-state index in [1.54, 1.807) is 28.8 Å². The number of hydrogen-bond donors (Lipinski definition) is 0. The molecule has 0 aliphatic rings. The lowest BCUT2D eigenvalue weighted by Gasteiger charge is -2.20. The van der Waals surface area contributed by atoms with Crippen molar-refractivity contribution in [2.75, 3.05) is 20.3 Å². The fourth-order valence-corrected chi connectivity index (χ4v) is 3.60. The summed E-state index contributed by atoms with van der Waals surface area (Å²) < 4.78 is 12.7. The molecule has 9 nitrogen and oxygen atoms in total. The van der Waals surface area contributed by atoms with Crippen LogP contribution in [-0.4, -0.2) is 56.3 Å². The SMILES string of the molecule is CCn1nnc2cc(C(=O)N(CCOC)Cc3nnc(-c4cccs4)o3)ccc21. The number of fused-ring (bicyclic) bond motifs is 1.